The van der Waals surface area contributed by atoms with Crippen molar-refractivity contribution >= 4 is 24.1 Å². The molecule has 0 saturated heterocycles. The van der Waals surface area contributed by atoms with Gasteiger partial charge in [0, 0.05) is 12.7 Å². The lowest BCUT2D eigenvalue weighted by molar-refractivity contribution is 0.0599. The second-order valence-electron chi connectivity index (χ2n) is 4.36. The predicted octanol–water partition coefficient (Wildman–Crippen LogP) is 2.49. The van der Waals surface area contributed by atoms with Crippen LogP contribution < -0.4 is 10.8 Å². The summed E-state index contributed by atoms with van der Waals surface area (Å²) in [6, 6.07) is 0. The third-order valence-corrected chi connectivity index (χ3v) is 3.27. The van der Waals surface area contributed by atoms with E-state index in [9.17, 15) is 17.7 Å². The summed E-state index contributed by atoms with van der Waals surface area (Å²) >= 11 is 0. The zero-order valence-electron chi connectivity index (χ0n) is 11.5. The molecule has 0 aliphatic rings. The van der Waals surface area contributed by atoms with Crippen molar-refractivity contribution in [2.45, 2.75) is 20.8 Å². The summed E-state index contributed by atoms with van der Waals surface area (Å²) in [5.74, 6) is -0.757. The molecule has 0 spiro atoms. The molecule has 0 radical (unpaired) electrons. The van der Waals surface area contributed by atoms with Gasteiger partial charge in [-0.05, 0) is 26.3 Å². The fourth-order valence-electron chi connectivity index (χ4n) is 2.51. The Morgan fingerprint density at radius 1 is 1.11 bits per heavy atom. The van der Waals surface area contributed by atoms with E-state index in [2.05, 4.69) is 10.1 Å². The van der Waals surface area contributed by atoms with Crippen LogP contribution in [0, 0.1) is 20.8 Å². The highest BCUT2D eigenvalue weighted by Gasteiger charge is 2.33. The van der Waals surface area contributed by atoms with E-state index in [4.69, 9.17) is 0 Å². The molecule has 0 aromatic heterocycles. The number of nitrogens with one attached hydrogen (secondary N) is 1. The summed E-state index contributed by atoms with van der Waals surface area (Å²) in [6.07, 6.45) is 0. The first kappa shape index (κ1) is 15.4. The van der Waals surface area contributed by atoms with Crippen LogP contribution in [0.15, 0.2) is 0 Å². The van der Waals surface area contributed by atoms with Crippen molar-refractivity contribution in [3.05, 3.63) is 22.3 Å². The van der Waals surface area contributed by atoms with Gasteiger partial charge in [-0.2, -0.15) is 0 Å². The highest BCUT2D eigenvalue weighted by atomic mass is 19.4. The van der Waals surface area contributed by atoms with Crippen LogP contribution in [0.4, 0.5) is 18.6 Å². The molecule has 0 heterocycles. The summed E-state index contributed by atoms with van der Waals surface area (Å²) in [6.45, 7) is -0.894. The van der Waals surface area contributed by atoms with Crippen LogP contribution in [0.3, 0.4) is 0 Å². The Labute approximate surface area is 110 Å². The summed E-state index contributed by atoms with van der Waals surface area (Å²) in [5, 5.41) is 2.72. The Bertz CT molecular complexity index is 527. The summed E-state index contributed by atoms with van der Waals surface area (Å²) in [5.41, 5.74) is 0.0707. The lowest BCUT2D eigenvalue weighted by Crippen LogP contribution is -2.40. The molecule has 0 unspecified atom stereocenters. The molecule has 7 heteroatoms. The SMILES string of the molecule is CNc1c(C)c(C(=O)OC)c(C)c([B-](F)(F)F)c1C. The largest absolute Gasteiger partial charge is 0.510 e. The Morgan fingerprint density at radius 3 is 2.00 bits per heavy atom. The Kier molecular flexibility index (Phi) is 4.17. The van der Waals surface area contributed by atoms with E-state index in [1.807, 2.05) is 0 Å². The number of hydrogen-bond acceptors (Lipinski definition) is 3. The first-order valence-corrected chi connectivity index (χ1v) is 5.76. The van der Waals surface area contributed by atoms with Crippen LogP contribution in [0.1, 0.15) is 27.0 Å². The summed E-state index contributed by atoms with van der Waals surface area (Å²) in [7, 11) is 2.68. The van der Waals surface area contributed by atoms with Crippen LogP contribution in [-0.4, -0.2) is 27.1 Å². The lowest BCUT2D eigenvalue weighted by Gasteiger charge is -2.27. The predicted molar refractivity (Wildman–Crippen MR) is 70.3 cm³/mol. The number of carbonyl (C=O) groups excluding carboxylic acids is 1. The van der Waals surface area contributed by atoms with Crippen LogP contribution in [0.5, 0.6) is 0 Å². The van der Waals surface area contributed by atoms with Crippen LogP contribution in [0.2, 0.25) is 0 Å². The molecule has 0 fully saturated rings. The van der Waals surface area contributed by atoms with Gasteiger partial charge in [-0.25, -0.2) is 4.79 Å². The van der Waals surface area contributed by atoms with E-state index in [-0.39, 0.29) is 16.7 Å². The smallest absolute Gasteiger partial charge is 0.465 e. The zero-order valence-corrected chi connectivity index (χ0v) is 11.5. The van der Waals surface area contributed by atoms with Gasteiger partial charge in [-0.1, -0.05) is 16.6 Å². The first-order valence-electron chi connectivity index (χ1n) is 5.76. The van der Waals surface area contributed by atoms with Crippen LogP contribution in [-0.2, 0) is 4.74 Å². The normalized spacial score (nSPS) is 11.4. The average Bonchev–Trinajstić information content (AvgIpc) is 2.26. The number of esters is 1. The molecular formula is C12H16BF3NO2-. The van der Waals surface area contributed by atoms with Gasteiger partial charge in [0.15, 0.2) is 0 Å². The molecule has 19 heavy (non-hydrogen) atoms. The summed E-state index contributed by atoms with van der Waals surface area (Å²) in [4.78, 5) is 11.7. The maximum Gasteiger partial charge on any atom is 0.510 e. The van der Waals surface area contributed by atoms with Crippen molar-refractivity contribution in [1.82, 2.24) is 0 Å². The first-order chi connectivity index (χ1) is 8.66. The molecular weight excluding hydrogens is 258 g/mol. The molecule has 0 aliphatic heterocycles. The molecule has 1 aromatic rings. The monoisotopic (exact) mass is 274 g/mol. The Balaban J connectivity index is 3.82. The maximum absolute atomic E-state index is 13.2. The molecule has 1 rings (SSSR count). The molecule has 1 aromatic carbocycles. The van der Waals surface area contributed by atoms with Crippen LogP contribution in [0.25, 0.3) is 0 Å². The minimum atomic E-state index is -5.20. The van der Waals surface area contributed by atoms with Gasteiger partial charge < -0.3 is 23.0 Å². The molecule has 0 atom stereocenters. The molecule has 0 saturated carbocycles. The van der Waals surface area contributed by atoms with Gasteiger partial charge in [-0.15, -0.1) is 0 Å². The topological polar surface area (TPSA) is 38.3 Å². The number of hydrogen-bond donors (Lipinski definition) is 1. The molecule has 3 nitrogen and oxygen atoms in total. The van der Waals surface area contributed by atoms with Gasteiger partial charge in [0.2, 0.25) is 0 Å². The molecule has 106 valence electrons. The number of methoxy groups -OCH3 is 1. The Morgan fingerprint density at radius 2 is 1.63 bits per heavy atom. The highest BCUT2D eigenvalue weighted by Crippen LogP contribution is 2.29. The van der Waals surface area contributed by atoms with Gasteiger partial charge in [0.05, 0.1) is 12.7 Å². The minimum Gasteiger partial charge on any atom is -0.465 e. The second kappa shape index (κ2) is 5.15. The standard InChI is InChI=1S/C12H16BF3NO2/c1-6-9(12(18)19-5)7(2)11(17-4)8(3)10(6)13(14,15)16/h17H,1-5H3/q-1. The zero-order chi connectivity index (χ0) is 15.0. The number of anilines is 1. The lowest BCUT2D eigenvalue weighted by atomic mass is 9.71. The van der Waals surface area contributed by atoms with Crippen molar-refractivity contribution in [1.29, 1.82) is 0 Å². The number of carbonyl (C=O) groups is 1. The van der Waals surface area contributed by atoms with Gasteiger partial charge in [0.1, 0.15) is 0 Å². The Hall–Kier alpha value is -1.66. The van der Waals surface area contributed by atoms with Crippen molar-refractivity contribution < 1.29 is 22.5 Å². The van der Waals surface area contributed by atoms with Crippen molar-refractivity contribution in [2.24, 2.45) is 0 Å². The van der Waals surface area contributed by atoms with Crippen LogP contribution >= 0.6 is 0 Å². The van der Waals surface area contributed by atoms with E-state index >= 15 is 0 Å². The highest BCUT2D eigenvalue weighted by molar-refractivity contribution is 6.74. The van der Waals surface area contributed by atoms with E-state index in [0.717, 1.165) is 7.11 Å². The number of halogens is 3. The molecule has 0 amide bonds. The van der Waals surface area contributed by atoms with Crippen molar-refractivity contribution in [3.8, 4) is 0 Å². The van der Waals surface area contributed by atoms with E-state index < -0.39 is 18.4 Å². The second-order valence-corrected chi connectivity index (χ2v) is 4.36. The maximum atomic E-state index is 13.2. The van der Waals surface area contributed by atoms with E-state index in [0.29, 0.717) is 11.3 Å². The van der Waals surface area contributed by atoms with Crippen molar-refractivity contribution in [3.63, 3.8) is 0 Å². The quantitative estimate of drug-likeness (QED) is 0.679. The third-order valence-electron chi connectivity index (χ3n) is 3.27. The number of ether oxygens (including phenoxy) is 1. The fourth-order valence-corrected chi connectivity index (χ4v) is 2.51. The third kappa shape index (κ3) is 2.55. The average molecular weight is 274 g/mol. The number of rotatable bonds is 3. The van der Waals surface area contributed by atoms with Gasteiger partial charge >= 0.3 is 12.9 Å². The molecule has 0 bridgehead atoms. The number of benzene rings is 1. The fraction of sp³-hybridized carbons (Fsp3) is 0.417. The molecule has 1 N–H and O–H groups in total. The van der Waals surface area contributed by atoms with E-state index in [1.54, 1.807) is 6.92 Å². The van der Waals surface area contributed by atoms with E-state index in [1.165, 1.54) is 20.9 Å². The summed E-state index contributed by atoms with van der Waals surface area (Å²) < 4.78 is 44.1. The van der Waals surface area contributed by atoms with Gasteiger partial charge in [0.25, 0.3) is 0 Å². The molecule has 0 aliphatic carbocycles. The van der Waals surface area contributed by atoms with Gasteiger partial charge in [-0.3, -0.25) is 0 Å². The minimum absolute atomic E-state index is 0.0216. The van der Waals surface area contributed by atoms with Crippen molar-refractivity contribution in [2.75, 3.05) is 19.5 Å².